The summed E-state index contributed by atoms with van der Waals surface area (Å²) in [6.07, 6.45) is 8.72. The van der Waals surface area contributed by atoms with E-state index in [4.69, 9.17) is 25.8 Å². The largest absolute Gasteiger partial charge is 0.493 e. The van der Waals surface area contributed by atoms with Gasteiger partial charge in [-0.05, 0) is 112 Å². The van der Waals surface area contributed by atoms with E-state index in [9.17, 15) is 4.79 Å². The molecule has 61 heavy (non-hydrogen) atoms. The van der Waals surface area contributed by atoms with E-state index in [1.807, 2.05) is 29.2 Å². The number of anilines is 1. The van der Waals surface area contributed by atoms with Gasteiger partial charge in [-0.15, -0.1) is 0 Å². The van der Waals surface area contributed by atoms with E-state index in [1.165, 1.54) is 55.3 Å². The van der Waals surface area contributed by atoms with Crippen LogP contribution in [-0.2, 0) is 17.7 Å². The fourth-order valence-corrected chi connectivity index (χ4v) is 9.29. The third kappa shape index (κ3) is 13.9. The zero-order valence-corrected chi connectivity index (χ0v) is 37.8. The maximum Gasteiger partial charge on any atom is 0.254 e. The summed E-state index contributed by atoms with van der Waals surface area (Å²) in [5, 5.41) is 11.7. The van der Waals surface area contributed by atoms with Gasteiger partial charge in [0.2, 0.25) is 0 Å². The smallest absolute Gasteiger partial charge is 0.254 e. The van der Waals surface area contributed by atoms with E-state index >= 15 is 0 Å². The van der Waals surface area contributed by atoms with Gasteiger partial charge in [0.25, 0.3) is 5.91 Å². The number of nitrogens with zero attached hydrogens (tertiary/aromatic N) is 2. The van der Waals surface area contributed by atoms with Gasteiger partial charge in [-0.3, -0.25) is 4.79 Å². The highest BCUT2D eigenvalue weighted by molar-refractivity contribution is 6.30. The number of carbonyl (C=O) groups is 1. The number of halogens is 1. The maximum atomic E-state index is 13.6. The Morgan fingerprint density at radius 2 is 1.43 bits per heavy atom. The van der Waals surface area contributed by atoms with Crippen LogP contribution in [-0.4, -0.2) is 95.6 Å². The molecule has 2 aliphatic heterocycles. The van der Waals surface area contributed by atoms with Gasteiger partial charge < -0.3 is 40.0 Å². The van der Waals surface area contributed by atoms with Crippen LogP contribution in [0.4, 0.5) is 5.69 Å². The van der Waals surface area contributed by atoms with Crippen LogP contribution >= 0.6 is 11.6 Å². The highest BCUT2D eigenvalue weighted by Crippen LogP contribution is 2.33. The second kappa shape index (κ2) is 24.5. The van der Waals surface area contributed by atoms with Crippen molar-refractivity contribution in [2.45, 2.75) is 83.5 Å². The van der Waals surface area contributed by atoms with Gasteiger partial charge >= 0.3 is 0 Å². The van der Waals surface area contributed by atoms with Gasteiger partial charge in [-0.1, -0.05) is 91.5 Å². The Morgan fingerprint density at radius 1 is 0.754 bits per heavy atom. The number of hydrogen-bond donors (Lipinski definition) is 3. The van der Waals surface area contributed by atoms with Gasteiger partial charge in [-0.25, -0.2) is 0 Å². The van der Waals surface area contributed by atoms with E-state index in [0.29, 0.717) is 66.7 Å². The summed E-state index contributed by atoms with van der Waals surface area (Å²) in [5.41, 5.74) is 4.68. The molecule has 7 rings (SSSR count). The summed E-state index contributed by atoms with van der Waals surface area (Å²) in [4.78, 5) is 18.2. The topological polar surface area (TPSA) is 87.3 Å². The van der Waals surface area contributed by atoms with Gasteiger partial charge in [0.15, 0.2) is 11.5 Å². The number of methoxy groups -OCH3 is 2. The zero-order chi connectivity index (χ0) is 42.8. The number of hydrogen-bond acceptors (Lipinski definition) is 8. The van der Waals surface area contributed by atoms with E-state index < -0.39 is 0 Å². The first-order valence-corrected chi connectivity index (χ1v) is 23.1. The summed E-state index contributed by atoms with van der Waals surface area (Å²) < 4.78 is 16.4. The first-order valence-electron chi connectivity index (χ1n) is 22.7. The van der Waals surface area contributed by atoms with Gasteiger partial charge in [0.1, 0.15) is 0 Å². The van der Waals surface area contributed by atoms with Crippen molar-refractivity contribution in [3.63, 3.8) is 0 Å². The van der Waals surface area contributed by atoms with Crippen molar-refractivity contribution < 1.29 is 19.0 Å². The number of carbonyl (C=O) groups excluding carboxylic acids is 1. The number of ether oxygens (including phenoxy) is 3. The fraction of sp³-hybridized carbons (Fsp3) is 0.510. The molecule has 2 saturated heterocycles. The monoisotopic (exact) mass is 852 g/mol. The molecule has 4 atom stereocenters. The van der Waals surface area contributed by atoms with E-state index in [1.54, 1.807) is 26.4 Å². The molecule has 9 nitrogen and oxygen atoms in total. The third-order valence-corrected chi connectivity index (χ3v) is 12.9. The average molecular weight is 853 g/mol. The van der Waals surface area contributed by atoms with Crippen molar-refractivity contribution in [1.82, 2.24) is 20.9 Å². The molecule has 0 radical (unpaired) electrons. The molecular formula is C51H70ClN5O4. The highest BCUT2D eigenvalue weighted by Gasteiger charge is 2.33. The molecule has 3 aliphatic rings. The molecule has 1 amide bonds. The first kappa shape index (κ1) is 46.4. The van der Waals surface area contributed by atoms with Crippen LogP contribution in [0.1, 0.15) is 73.9 Å². The molecule has 4 aromatic carbocycles. The Morgan fingerprint density at radius 3 is 2.11 bits per heavy atom. The maximum absolute atomic E-state index is 13.6. The Labute approximate surface area is 370 Å². The molecule has 0 aromatic heterocycles. The summed E-state index contributed by atoms with van der Waals surface area (Å²) >= 11 is 6.16. The minimum Gasteiger partial charge on any atom is -0.493 e. The van der Waals surface area contributed by atoms with E-state index in [-0.39, 0.29) is 11.9 Å². The predicted molar refractivity (Wildman–Crippen MR) is 250 cm³/mol. The lowest BCUT2D eigenvalue weighted by Crippen LogP contribution is -2.46. The Balaban J connectivity index is 0.000000209. The third-order valence-electron chi connectivity index (χ3n) is 12.7. The summed E-state index contributed by atoms with van der Waals surface area (Å²) in [6.45, 7) is 12.0. The lowest BCUT2D eigenvalue weighted by molar-refractivity contribution is 0.0667. The van der Waals surface area contributed by atoms with Crippen LogP contribution in [0, 0.1) is 17.8 Å². The quantitative estimate of drug-likeness (QED) is 0.0808. The number of benzene rings is 4. The molecule has 0 unspecified atom stereocenters. The number of rotatable bonds is 19. The molecule has 330 valence electrons. The number of amides is 1. The summed E-state index contributed by atoms with van der Waals surface area (Å²) in [6, 6.07) is 36.4. The standard InChI is InChI=1S/C27H39N3O4.C24H31ClN2/c1-20(2)30(19-23-17-28-18-24(23)29-16-21-9-6-5-7-10-21)27(31)22-11-12-25(33-4)26(15-22)34-14-8-13-32-3;25-22-11-13-24(14-12-22)27(23-9-5-2-6-10-23)18-21-17-26-16-20(21)15-19-7-3-1-4-8-19/h5-7,9-12,15,20,23-24,28-29H,8,13-14,16-19H2,1-4H3;1,3-4,7-8,11-14,20-21,23,26H,2,5-6,9-10,15-18H2/t23-,24-;20-,21+/m00/s1. The van der Waals surface area contributed by atoms with Crippen LogP contribution in [0.3, 0.4) is 0 Å². The molecule has 1 aliphatic carbocycles. The normalized spacial score (nSPS) is 20.2. The second-order valence-electron chi connectivity index (χ2n) is 17.3. The summed E-state index contributed by atoms with van der Waals surface area (Å²) in [7, 11) is 3.27. The molecule has 1 saturated carbocycles. The molecular weight excluding hydrogens is 782 g/mol. The van der Waals surface area contributed by atoms with Crippen LogP contribution in [0.2, 0.25) is 5.02 Å². The molecule has 0 spiro atoms. The van der Waals surface area contributed by atoms with Crippen molar-refractivity contribution >= 4 is 23.2 Å². The van der Waals surface area contributed by atoms with Crippen molar-refractivity contribution in [2.24, 2.45) is 17.8 Å². The highest BCUT2D eigenvalue weighted by atomic mass is 35.5. The van der Waals surface area contributed by atoms with Crippen LogP contribution < -0.4 is 30.3 Å². The fourth-order valence-electron chi connectivity index (χ4n) is 9.16. The van der Waals surface area contributed by atoms with Crippen molar-refractivity contribution in [3.05, 3.63) is 125 Å². The molecule has 4 aromatic rings. The Bertz CT molecular complexity index is 1860. The lowest BCUT2D eigenvalue weighted by Gasteiger charge is -2.39. The average Bonchev–Trinajstić information content (AvgIpc) is 3.95. The van der Waals surface area contributed by atoms with Crippen molar-refractivity contribution in [2.75, 3.05) is 71.6 Å². The minimum atomic E-state index is 0.00750. The molecule has 2 heterocycles. The van der Waals surface area contributed by atoms with Gasteiger partial charge in [0, 0.05) is 93.2 Å². The van der Waals surface area contributed by atoms with Gasteiger partial charge in [-0.2, -0.15) is 0 Å². The predicted octanol–water partition coefficient (Wildman–Crippen LogP) is 8.90. The van der Waals surface area contributed by atoms with E-state index in [0.717, 1.165) is 50.7 Å². The lowest BCUT2D eigenvalue weighted by atomic mass is 9.87. The SMILES string of the molecule is COCCCOc1cc(C(=O)N(C[C@@H]2CNC[C@@H]2NCc2ccccc2)C(C)C)ccc1OC.Clc1ccc(N(C[C@H]2CNC[C@@H]2Cc2ccccc2)C2CCCCC2)cc1. The zero-order valence-electron chi connectivity index (χ0n) is 37.0. The molecule has 0 bridgehead atoms. The Hall–Kier alpha value is -4.12. The van der Waals surface area contributed by atoms with Crippen LogP contribution in [0.15, 0.2) is 103 Å². The van der Waals surface area contributed by atoms with Crippen LogP contribution in [0.5, 0.6) is 11.5 Å². The van der Waals surface area contributed by atoms with Gasteiger partial charge in [0.05, 0.1) is 13.7 Å². The Kier molecular flexibility index (Phi) is 18.6. The number of nitrogens with one attached hydrogen (secondary N) is 3. The molecule has 3 N–H and O–H groups in total. The van der Waals surface area contributed by atoms with Crippen molar-refractivity contribution in [1.29, 1.82) is 0 Å². The summed E-state index contributed by atoms with van der Waals surface area (Å²) in [5.74, 6) is 2.95. The molecule has 3 fully saturated rings. The second-order valence-corrected chi connectivity index (χ2v) is 17.7. The van der Waals surface area contributed by atoms with E-state index in [2.05, 4.69) is 101 Å². The molecule has 10 heteroatoms. The minimum absolute atomic E-state index is 0.00750. The van der Waals surface area contributed by atoms with Crippen molar-refractivity contribution in [3.8, 4) is 11.5 Å². The van der Waals surface area contributed by atoms with Crippen LogP contribution in [0.25, 0.3) is 0 Å². The first-order chi connectivity index (χ1) is 29.8.